The van der Waals surface area contributed by atoms with Gasteiger partial charge in [-0.3, -0.25) is 4.79 Å². The fourth-order valence-electron chi connectivity index (χ4n) is 1.39. The highest BCUT2D eigenvalue weighted by Gasteiger charge is 2.25. The number of halogens is 1. The van der Waals surface area contributed by atoms with Gasteiger partial charge in [0.25, 0.3) is 0 Å². The van der Waals surface area contributed by atoms with Gasteiger partial charge in [-0.25, -0.2) is 0 Å². The van der Waals surface area contributed by atoms with Crippen LogP contribution in [0.4, 0.5) is 0 Å². The summed E-state index contributed by atoms with van der Waals surface area (Å²) in [6, 6.07) is 0. The summed E-state index contributed by atoms with van der Waals surface area (Å²) in [5, 5.41) is 0.793. The zero-order valence-corrected chi connectivity index (χ0v) is 9.00. The van der Waals surface area contributed by atoms with Crippen molar-refractivity contribution in [3.05, 3.63) is 0 Å². The van der Waals surface area contributed by atoms with Gasteiger partial charge in [0.1, 0.15) is 0 Å². The van der Waals surface area contributed by atoms with E-state index in [-0.39, 0.29) is 18.1 Å². The first-order valence-electron chi connectivity index (χ1n) is 4.10. The third kappa shape index (κ3) is 2.45. The number of rotatable bonds is 1. The quantitative estimate of drug-likeness (QED) is 0.636. The predicted molar refractivity (Wildman–Crippen MR) is 50.4 cm³/mol. The molecule has 0 aromatic carbocycles. The van der Waals surface area contributed by atoms with Gasteiger partial charge in [0.05, 0.1) is 12.2 Å². The topological polar surface area (TPSA) is 29.5 Å². The van der Waals surface area contributed by atoms with Crippen molar-refractivity contribution in [2.24, 2.45) is 0 Å². The van der Waals surface area contributed by atoms with Crippen LogP contribution in [0.3, 0.4) is 0 Å². The molecule has 1 saturated heterocycles. The third-order valence-electron chi connectivity index (χ3n) is 1.94. The zero-order valence-electron chi connectivity index (χ0n) is 7.42. The second kappa shape index (κ2) is 4.23. The van der Waals surface area contributed by atoms with Crippen LogP contribution < -0.4 is 0 Å². The lowest BCUT2D eigenvalue weighted by Gasteiger charge is -2.35. The standard InChI is InChI=1S/C8H14BrNO2/c1-6-4-10(7(2)11)5-8(3-9)12-6/h6,8H,3-5H2,1-2H3. The van der Waals surface area contributed by atoms with Gasteiger partial charge in [0.15, 0.2) is 0 Å². The van der Waals surface area contributed by atoms with Gasteiger partial charge in [0.2, 0.25) is 5.91 Å². The number of hydrogen-bond acceptors (Lipinski definition) is 2. The highest BCUT2D eigenvalue weighted by molar-refractivity contribution is 9.09. The Labute approximate surface area is 81.2 Å². The summed E-state index contributed by atoms with van der Waals surface area (Å²) < 4.78 is 5.58. The molecule has 0 aromatic heterocycles. The van der Waals surface area contributed by atoms with Crippen LogP contribution in [0, 0.1) is 0 Å². The second-order valence-corrected chi connectivity index (χ2v) is 3.79. The normalized spacial score (nSPS) is 30.4. The summed E-state index contributed by atoms with van der Waals surface area (Å²) in [6.45, 7) is 5.03. The summed E-state index contributed by atoms with van der Waals surface area (Å²) in [5.41, 5.74) is 0. The summed E-state index contributed by atoms with van der Waals surface area (Å²) in [7, 11) is 0. The number of carbonyl (C=O) groups is 1. The number of nitrogens with zero attached hydrogens (tertiary/aromatic N) is 1. The van der Waals surface area contributed by atoms with E-state index in [4.69, 9.17) is 4.74 Å². The second-order valence-electron chi connectivity index (χ2n) is 3.15. The van der Waals surface area contributed by atoms with Crippen molar-refractivity contribution < 1.29 is 9.53 Å². The Balaban J connectivity index is 2.51. The molecule has 12 heavy (non-hydrogen) atoms. The van der Waals surface area contributed by atoms with Crippen molar-refractivity contribution in [3.8, 4) is 0 Å². The minimum atomic E-state index is 0.135. The molecule has 1 rings (SSSR count). The van der Waals surface area contributed by atoms with E-state index in [9.17, 15) is 4.79 Å². The summed E-state index contributed by atoms with van der Waals surface area (Å²) in [6.07, 6.45) is 0.308. The number of amides is 1. The molecule has 0 aliphatic carbocycles. The summed E-state index contributed by atoms with van der Waals surface area (Å²) >= 11 is 3.35. The molecule has 0 saturated carbocycles. The Morgan fingerprint density at radius 3 is 2.83 bits per heavy atom. The lowest BCUT2D eigenvalue weighted by atomic mass is 10.2. The summed E-state index contributed by atoms with van der Waals surface area (Å²) in [5.74, 6) is 0.135. The zero-order chi connectivity index (χ0) is 9.14. The molecule has 0 aromatic rings. The van der Waals surface area contributed by atoms with Gasteiger partial charge in [-0.15, -0.1) is 0 Å². The van der Waals surface area contributed by atoms with Gasteiger partial charge in [-0.1, -0.05) is 15.9 Å². The molecule has 3 nitrogen and oxygen atoms in total. The average Bonchev–Trinajstić information content (AvgIpc) is 2.03. The SMILES string of the molecule is CC(=O)N1CC(C)OC(CBr)C1. The minimum Gasteiger partial charge on any atom is -0.371 e. The largest absolute Gasteiger partial charge is 0.371 e. The van der Waals surface area contributed by atoms with Crippen LogP contribution in [0.2, 0.25) is 0 Å². The van der Waals surface area contributed by atoms with Gasteiger partial charge in [-0.2, -0.15) is 0 Å². The van der Waals surface area contributed by atoms with E-state index in [2.05, 4.69) is 15.9 Å². The molecule has 2 atom stereocenters. The van der Waals surface area contributed by atoms with Crippen LogP contribution in [0.25, 0.3) is 0 Å². The molecular weight excluding hydrogens is 222 g/mol. The van der Waals surface area contributed by atoms with Gasteiger partial charge < -0.3 is 9.64 Å². The van der Waals surface area contributed by atoms with E-state index in [0.717, 1.165) is 11.9 Å². The Hall–Kier alpha value is -0.0900. The molecule has 2 unspecified atom stereocenters. The van der Waals surface area contributed by atoms with Crippen LogP contribution in [0.15, 0.2) is 0 Å². The molecule has 0 radical (unpaired) electrons. The highest BCUT2D eigenvalue weighted by atomic mass is 79.9. The molecular formula is C8H14BrNO2. The van der Waals surface area contributed by atoms with E-state index in [1.54, 1.807) is 6.92 Å². The molecule has 0 N–H and O–H groups in total. The van der Waals surface area contributed by atoms with Crippen LogP contribution in [-0.2, 0) is 9.53 Å². The van der Waals surface area contributed by atoms with Crippen molar-refractivity contribution in [1.29, 1.82) is 0 Å². The Morgan fingerprint density at radius 1 is 1.67 bits per heavy atom. The van der Waals surface area contributed by atoms with Crippen LogP contribution in [0.1, 0.15) is 13.8 Å². The van der Waals surface area contributed by atoms with E-state index >= 15 is 0 Å². The van der Waals surface area contributed by atoms with E-state index in [0.29, 0.717) is 6.54 Å². The smallest absolute Gasteiger partial charge is 0.219 e. The Morgan fingerprint density at radius 2 is 2.33 bits per heavy atom. The van der Waals surface area contributed by atoms with Gasteiger partial charge in [0, 0.05) is 25.3 Å². The van der Waals surface area contributed by atoms with Crippen molar-refractivity contribution in [3.63, 3.8) is 0 Å². The van der Waals surface area contributed by atoms with Crippen LogP contribution in [-0.4, -0.2) is 41.4 Å². The predicted octanol–water partition coefficient (Wildman–Crippen LogP) is 1.02. The molecule has 0 spiro atoms. The monoisotopic (exact) mass is 235 g/mol. The molecule has 70 valence electrons. The third-order valence-corrected chi connectivity index (χ3v) is 2.67. The summed E-state index contributed by atoms with van der Waals surface area (Å²) in [4.78, 5) is 12.9. The van der Waals surface area contributed by atoms with Crippen molar-refractivity contribution >= 4 is 21.8 Å². The molecule has 4 heteroatoms. The molecule has 1 heterocycles. The number of hydrogen-bond donors (Lipinski definition) is 0. The molecule has 1 amide bonds. The first kappa shape index (κ1) is 9.99. The first-order valence-corrected chi connectivity index (χ1v) is 5.22. The Bertz CT molecular complexity index is 174. The van der Waals surface area contributed by atoms with E-state index in [1.165, 1.54) is 0 Å². The van der Waals surface area contributed by atoms with Crippen molar-refractivity contribution in [1.82, 2.24) is 4.90 Å². The minimum absolute atomic E-state index is 0.135. The number of alkyl halides is 1. The van der Waals surface area contributed by atoms with E-state index < -0.39 is 0 Å². The molecule has 1 aliphatic heterocycles. The number of ether oxygens (including phenoxy) is 1. The molecule has 1 fully saturated rings. The fourth-order valence-corrected chi connectivity index (χ4v) is 1.74. The van der Waals surface area contributed by atoms with Crippen LogP contribution in [0.5, 0.6) is 0 Å². The lowest BCUT2D eigenvalue weighted by molar-refractivity contribution is -0.140. The number of morpholine rings is 1. The molecule has 0 bridgehead atoms. The van der Waals surface area contributed by atoms with Crippen molar-refractivity contribution in [2.75, 3.05) is 18.4 Å². The van der Waals surface area contributed by atoms with Gasteiger partial charge in [-0.05, 0) is 6.92 Å². The maximum absolute atomic E-state index is 11.1. The van der Waals surface area contributed by atoms with Crippen LogP contribution >= 0.6 is 15.9 Å². The maximum Gasteiger partial charge on any atom is 0.219 e. The fraction of sp³-hybridized carbons (Fsp3) is 0.875. The number of carbonyl (C=O) groups excluding carboxylic acids is 1. The lowest BCUT2D eigenvalue weighted by Crippen LogP contribution is -2.49. The van der Waals surface area contributed by atoms with Crippen molar-refractivity contribution in [2.45, 2.75) is 26.1 Å². The Kier molecular flexibility index (Phi) is 3.53. The first-order chi connectivity index (χ1) is 5.63. The molecule has 1 aliphatic rings. The van der Waals surface area contributed by atoms with Gasteiger partial charge >= 0.3 is 0 Å². The average molecular weight is 236 g/mol. The van der Waals surface area contributed by atoms with E-state index in [1.807, 2.05) is 11.8 Å². The maximum atomic E-state index is 11.1. The highest BCUT2D eigenvalue weighted by Crippen LogP contribution is 2.12.